The molecule has 0 radical (unpaired) electrons. The summed E-state index contributed by atoms with van der Waals surface area (Å²) in [5.41, 5.74) is 0. The van der Waals surface area contributed by atoms with Gasteiger partial charge in [0.1, 0.15) is 0 Å². The highest BCUT2D eigenvalue weighted by Crippen LogP contribution is 2.06. The van der Waals surface area contributed by atoms with Gasteiger partial charge in [-0.2, -0.15) is 0 Å². The summed E-state index contributed by atoms with van der Waals surface area (Å²) >= 11 is 0. The summed E-state index contributed by atoms with van der Waals surface area (Å²) in [5.74, 6) is 0.638. The van der Waals surface area contributed by atoms with E-state index in [4.69, 9.17) is 9.47 Å². The summed E-state index contributed by atoms with van der Waals surface area (Å²) in [6, 6.07) is 0. The van der Waals surface area contributed by atoms with E-state index in [2.05, 4.69) is 20.8 Å². The summed E-state index contributed by atoms with van der Waals surface area (Å²) in [6.07, 6.45) is 2.11. The van der Waals surface area contributed by atoms with Crippen LogP contribution in [0.15, 0.2) is 0 Å². The maximum atomic E-state index is 5.56. The molecular weight excluding hydrogens is 152 g/mol. The fourth-order valence-electron chi connectivity index (χ4n) is 0.859. The molecule has 74 valence electrons. The van der Waals surface area contributed by atoms with Gasteiger partial charge in [-0.1, -0.05) is 27.2 Å². The Morgan fingerprint density at radius 1 is 1.00 bits per heavy atom. The predicted octanol–water partition coefficient (Wildman–Crippen LogP) is 2.82. The van der Waals surface area contributed by atoms with E-state index < -0.39 is 0 Å². The molecule has 0 bridgehead atoms. The summed E-state index contributed by atoms with van der Waals surface area (Å²) in [5, 5.41) is 0. The van der Waals surface area contributed by atoms with Crippen molar-refractivity contribution in [3.8, 4) is 0 Å². The fraction of sp³-hybridized carbons (Fsp3) is 1.00. The summed E-state index contributed by atoms with van der Waals surface area (Å²) in [6.45, 7) is 9.99. The van der Waals surface area contributed by atoms with Crippen molar-refractivity contribution in [2.45, 2.75) is 46.8 Å². The minimum Gasteiger partial charge on any atom is -0.353 e. The largest absolute Gasteiger partial charge is 0.353 e. The lowest BCUT2D eigenvalue weighted by Crippen LogP contribution is -2.19. The second kappa shape index (κ2) is 7.56. The molecule has 0 aromatic rings. The molecule has 0 aliphatic carbocycles. The Morgan fingerprint density at radius 2 is 1.67 bits per heavy atom. The molecule has 0 amide bonds. The van der Waals surface area contributed by atoms with Crippen LogP contribution in [-0.4, -0.2) is 19.5 Å². The molecule has 0 spiro atoms. The van der Waals surface area contributed by atoms with E-state index in [9.17, 15) is 0 Å². The summed E-state index contributed by atoms with van der Waals surface area (Å²) < 4.78 is 10.9. The minimum absolute atomic E-state index is 0.00370. The molecular formula is C10H22O2. The van der Waals surface area contributed by atoms with Crippen molar-refractivity contribution in [3.05, 3.63) is 0 Å². The van der Waals surface area contributed by atoms with E-state index in [-0.39, 0.29) is 6.29 Å². The van der Waals surface area contributed by atoms with Crippen LogP contribution in [0.2, 0.25) is 0 Å². The SMILES string of the molecule is CCOC(CC)OCC(C)CC. The van der Waals surface area contributed by atoms with Crippen molar-refractivity contribution in [3.63, 3.8) is 0 Å². The lowest BCUT2D eigenvalue weighted by Gasteiger charge is -2.18. The molecule has 2 nitrogen and oxygen atoms in total. The Kier molecular flexibility index (Phi) is 7.51. The van der Waals surface area contributed by atoms with Crippen LogP contribution in [0.5, 0.6) is 0 Å². The first-order valence-corrected chi connectivity index (χ1v) is 4.97. The summed E-state index contributed by atoms with van der Waals surface area (Å²) in [7, 11) is 0. The normalized spacial score (nSPS) is 16.0. The molecule has 0 rings (SSSR count). The second-order valence-corrected chi connectivity index (χ2v) is 3.14. The third kappa shape index (κ3) is 5.56. The van der Waals surface area contributed by atoms with Crippen molar-refractivity contribution < 1.29 is 9.47 Å². The number of hydrogen-bond acceptors (Lipinski definition) is 2. The number of rotatable bonds is 7. The third-order valence-electron chi connectivity index (χ3n) is 1.95. The molecule has 2 heteroatoms. The lowest BCUT2D eigenvalue weighted by molar-refractivity contribution is -0.147. The molecule has 0 saturated heterocycles. The number of hydrogen-bond donors (Lipinski definition) is 0. The molecule has 0 aliphatic rings. The van der Waals surface area contributed by atoms with Gasteiger partial charge in [0, 0.05) is 6.61 Å². The Labute approximate surface area is 76.3 Å². The molecule has 0 aromatic carbocycles. The Morgan fingerprint density at radius 3 is 2.08 bits per heavy atom. The van der Waals surface area contributed by atoms with Crippen LogP contribution in [0.4, 0.5) is 0 Å². The number of ether oxygens (including phenoxy) is 2. The van der Waals surface area contributed by atoms with Gasteiger partial charge in [-0.25, -0.2) is 0 Å². The zero-order chi connectivity index (χ0) is 9.40. The van der Waals surface area contributed by atoms with Gasteiger partial charge < -0.3 is 9.47 Å². The molecule has 2 unspecified atom stereocenters. The Balaban J connectivity index is 3.43. The highest BCUT2D eigenvalue weighted by atomic mass is 16.7. The van der Waals surface area contributed by atoms with Crippen molar-refractivity contribution in [1.82, 2.24) is 0 Å². The van der Waals surface area contributed by atoms with Crippen LogP contribution < -0.4 is 0 Å². The van der Waals surface area contributed by atoms with Crippen LogP contribution in [0, 0.1) is 5.92 Å². The van der Waals surface area contributed by atoms with Crippen LogP contribution in [-0.2, 0) is 9.47 Å². The minimum atomic E-state index is 0.00370. The molecule has 12 heavy (non-hydrogen) atoms. The van der Waals surface area contributed by atoms with Gasteiger partial charge in [0.15, 0.2) is 6.29 Å². The molecule has 0 heterocycles. The predicted molar refractivity (Wildman–Crippen MR) is 51.1 cm³/mol. The average molecular weight is 174 g/mol. The van der Waals surface area contributed by atoms with E-state index in [1.807, 2.05) is 6.92 Å². The highest BCUT2D eigenvalue weighted by Gasteiger charge is 2.07. The zero-order valence-corrected chi connectivity index (χ0v) is 8.80. The third-order valence-corrected chi connectivity index (χ3v) is 1.95. The van der Waals surface area contributed by atoms with Crippen molar-refractivity contribution >= 4 is 0 Å². The summed E-state index contributed by atoms with van der Waals surface area (Å²) in [4.78, 5) is 0. The first-order chi connectivity index (χ1) is 5.74. The van der Waals surface area contributed by atoms with Gasteiger partial charge in [-0.3, -0.25) is 0 Å². The van der Waals surface area contributed by atoms with Gasteiger partial charge in [0.05, 0.1) is 6.61 Å². The first kappa shape index (κ1) is 11.9. The zero-order valence-electron chi connectivity index (χ0n) is 8.80. The Bertz CT molecular complexity index is 93.8. The van der Waals surface area contributed by atoms with Crippen molar-refractivity contribution in [2.75, 3.05) is 13.2 Å². The van der Waals surface area contributed by atoms with E-state index in [1.54, 1.807) is 0 Å². The van der Waals surface area contributed by atoms with Gasteiger partial charge in [-0.05, 0) is 19.3 Å². The fourth-order valence-corrected chi connectivity index (χ4v) is 0.859. The molecule has 0 aliphatic heterocycles. The Hall–Kier alpha value is -0.0800. The van der Waals surface area contributed by atoms with Gasteiger partial charge in [0.2, 0.25) is 0 Å². The molecule has 2 atom stereocenters. The van der Waals surface area contributed by atoms with E-state index >= 15 is 0 Å². The molecule has 0 fully saturated rings. The highest BCUT2D eigenvalue weighted by molar-refractivity contribution is 4.48. The first-order valence-electron chi connectivity index (χ1n) is 4.97. The smallest absolute Gasteiger partial charge is 0.157 e. The van der Waals surface area contributed by atoms with Crippen LogP contribution in [0.3, 0.4) is 0 Å². The molecule has 0 N–H and O–H groups in total. The van der Waals surface area contributed by atoms with Crippen molar-refractivity contribution in [2.24, 2.45) is 5.92 Å². The van der Waals surface area contributed by atoms with Crippen molar-refractivity contribution in [1.29, 1.82) is 0 Å². The average Bonchev–Trinajstić information content (AvgIpc) is 2.11. The lowest BCUT2D eigenvalue weighted by atomic mass is 10.1. The maximum absolute atomic E-state index is 5.56. The van der Waals surface area contributed by atoms with Gasteiger partial charge >= 0.3 is 0 Å². The van der Waals surface area contributed by atoms with E-state index in [0.717, 1.165) is 19.6 Å². The van der Waals surface area contributed by atoms with Crippen LogP contribution >= 0.6 is 0 Å². The van der Waals surface area contributed by atoms with E-state index in [0.29, 0.717) is 5.92 Å². The van der Waals surface area contributed by atoms with Crippen LogP contribution in [0.25, 0.3) is 0 Å². The second-order valence-electron chi connectivity index (χ2n) is 3.14. The topological polar surface area (TPSA) is 18.5 Å². The van der Waals surface area contributed by atoms with E-state index in [1.165, 1.54) is 6.42 Å². The van der Waals surface area contributed by atoms with Gasteiger partial charge in [-0.15, -0.1) is 0 Å². The monoisotopic (exact) mass is 174 g/mol. The molecule has 0 aromatic heterocycles. The van der Waals surface area contributed by atoms with Gasteiger partial charge in [0.25, 0.3) is 0 Å². The molecule has 0 saturated carbocycles. The van der Waals surface area contributed by atoms with Crippen LogP contribution in [0.1, 0.15) is 40.5 Å². The quantitative estimate of drug-likeness (QED) is 0.552. The standard InChI is InChI=1S/C10H22O2/c1-5-9(4)8-12-10(6-2)11-7-3/h9-10H,5-8H2,1-4H3. The maximum Gasteiger partial charge on any atom is 0.157 e.